The molecule has 0 saturated heterocycles. The lowest BCUT2D eigenvalue weighted by Crippen LogP contribution is -2.32. The lowest BCUT2D eigenvalue weighted by atomic mass is 9.79. The fourth-order valence-corrected chi connectivity index (χ4v) is 2.38. The van der Waals surface area contributed by atoms with Crippen LogP contribution >= 0.6 is 0 Å². The number of nitrogens with one attached hydrogen (secondary N) is 1. The van der Waals surface area contributed by atoms with Crippen molar-refractivity contribution in [2.24, 2.45) is 5.92 Å². The average Bonchev–Trinajstić information content (AvgIpc) is 2.56. The number of ether oxygens (including phenoxy) is 2. The van der Waals surface area contributed by atoms with Gasteiger partial charge < -0.3 is 14.8 Å². The number of allylic oxidation sites excluding steroid dienone is 4. The highest BCUT2D eigenvalue weighted by molar-refractivity contribution is 6.21. The van der Waals surface area contributed by atoms with E-state index in [1.54, 1.807) is 0 Å². The largest absolute Gasteiger partial charge is 0.466 e. The van der Waals surface area contributed by atoms with E-state index in [0.29, 0.717) is 5.57 Å². The molecule has 7 heteroatoms. The third kappa shape index (κ3) is 2.98. The quantitative estimate of drug-likeness (QED) is 0.592. The summed E-state index contributed by atoms with van der Waals surface area (Å²) in [4.78, 5) is 48.1. The highest BCUT2D eigenvalue weighted by atomic mass is 16.5. The number of hydrogen-bond donors (Lipinski definition) is 1. The first-order chi connectivity index (χ1) is 10.9. The summed E-state index contributed by atoms with van der Waals surface area (Å²) in [5, 5.41) is 2.65. The van der Waals surface area contributed by atoms with Crippen molar-refractivity contribution in [3.8, 4) is 0 Å². The third-order valence-electron chi connectivity index (χ3n) is 3.56. The maximum Gasteiger partial charge on any atom is 0.336 e. The van der Waals surface area contributed by atoms with Crippen LogP contribution < -0.4 is 5.32 Å². The van der Waals surface area contributed by atoms with E-state index in [0.717, 1.165) is 6.08 Å². The van der Waals surface area contributed by atoms with Crippen molar-refractivity contribution >= 4 is 23.5 Å². The summed E-state index contributed by atoms with van der Waals surface area (Å²) in [7, 11) is 2.37. The van der Waals surface area contributed by atoms with Crippen molar-refractivity contribution in [3.05, 3.63) is 46.8 Å². The number of ketones is 2. The van der Waals surface area contributed by atoms with E-state index in [1.165, 1.54) is 39.6 Å². The Morgan fingerprint density at radius 1 is 0.957 bits per heavy atom. The first-order valence-electron chi connectivity index (χ1n) is 6.72. The second-order valence-corrected chi connectivity index (χ2v) is 4.94. The summed E-state index contributed by atoms with van der Waals surface area (Å²) in [6, 6.07) is 0. The molecular formula is C16H15NO6. The first-order valence-corrected chi connectivity index (χ1v) is 6.72. The molecule has 0 aromatic heterocycles. The van der Waals surface area contributed by atoms with Crippen LogP contribution in [0.3, 0.4) is 0 Å². The molecule has 0 unspecified atom stereocenters. The number of carbonyl (C=O) groups excluding carboxylic acids is 4. The molecule has 0 atom stereocenters. The number of dihydropyridines is 1. The summed E-state index contributed by atoms with van der Waals surface area (Å²) in [5.74, 6) is -3.27. The van der Waals surface area contributed by atoms with Crippen molar-refractivity contribution in [1.29, 1.82) is 0 Å². The Morgan fingerprint density at radius 2 is 1.48 bits per heavy atom. The topological polar surface area (TPSA) is 98.8 Å². The summed E-state index contributed by atoms with van der Waals surface area (Å²) < 4.78 is 9.38. The van der Waals surface area contributed by atoms with Crippen molar-refractivity contribution in [1.82, 2.24) is 5.32 Å². The van der Waals surface area contributed by atoms with Gasteiger partial charge in [-0.1, -0.05) is 0 Å². The molecule has 0 fully saturated rings. The van der Waals surface area contributed by atoms with Crippen LogP contribution in [0.15, 0.2) is 46.8 Å². The Bertz CT molecular complexity index is 691. The zero-order chi connectivity index (χ0) is 17.1. The highest BCUT2D eigenvalue weighted by Crippen LogP contribution is 2.34. The molecule has 1 heterocycles. The predicted octanol–water partition coefficient (Wildman–Crippen LogP) is 0.344. The Kier molecular flexibility index (Phi) is 4.59. The second-order valence-electron chi connectivity index (χ2n) is 4.94. The van der Waals surface area contributed by atoms with E-state index in [1.807, 2.05) is 0 Å². The Hall–Kier alpha value is -2.96. The predicted molar refractivity (Wildman–Crippen MR) is 78.7 cm³/mol. The third-order valence-corrected chi connectivity index (χ3v) is 3.56. The van der Waals surface area contributed by atoms with Gasteiger partial charge in [0.1, 0.15) is 0 Å². The van der Waals surface area contributed by atoms with E-state index in [9.17, 15) is 19.2 Å². The van der Waals surface area contributed by atoms with Crippen molar-refractivity contribution in [2.45, 2.75) is 6.92 Å². The minimum absolute atomic E-state index is 0.0235. The minimum atomic E-state index is -1.03. The number of methoxy groups -OCH3 is 2. The van der Waals surface area contributed by atoms with Crippen LogP contribution in [0, 0.1) is 5.92 Å². The van der Waals surface area contributed by atoms with Gasteiger partial charge in [-0.15, -0.1) is 0 Å². The normalized spacial score (nSPS) is 18.2. The van der Waals surface area contributed by atoms with Gasteiger partial charge in [0.15, 0.2) is 11.6 Å². The maximum atomic E-state index is 12.3. The van der Waals surface area contributed by atoms with Gasteiger partial charge in [0.2, 0.25) is 0 Å². The molecule has 0 amide bonds. The van der Waals surface area contributed by atoms with Crippen LogP contribution in [-0.4, -0.2) is 37.7 Å². The van der Waals surface area contributed by atoms with Crippen LogP contribution in [0.2, 0.25) is 0 Å². The van der Waals surface area contributed by atoms with Gasteiger partial charge in [0, 0.05) is 23.5 Å². The molecule has 23 heavy (non-hydrogen) atoms. The van der Waals surface area contributed by atoms with E-state index < -0.39 is 23.6 Å². The maximum absolute atomic E-state index is 12.3. The van der Waals surface area contributed by atoms with Gasteiger partial charge in [-0.3, -0.25) is 9.59 Å². The van der Waals surface area contributed by atoms with Crippen LogP contribution in [0.4, 0.5) is 0 Å². The van der Waals surface area contributed by atoms with Crippen molar-refractivity contribution in [3.63, 3.8) is 0 Å². The SMILES string of the molecule is COC(=O)C1=CNC=C(C(=O)OC)C1C1=CC(=O)C(C)=CC1=O. The summed E-state index contributed by atoms with van der Waals surface area (Å²) in [6.07, 6.45) is 4.98. The van der Waals surface area contributed by atoms with E-state index in [-0.39, 0.29) is 22.5 Å². The fraction of sp³-hybridized carbons (Fsp3) is 0.250. The molecule has 0 aromatic rings. The molecule has 0 saturated carbocycles. The van der Waals surface area contributed by atoms with Gasteiger partial charge in [0.25, 0.3) is 0 Å². The standard InChI is InChI=1S/C16H15NO6/c1-8-4-13(19)9(5-12(8)18)14-10(15(20)22-2)6-17-7-11(14)16(21)23-3/h4-7,14,17H,1-3H3. The smallest absolute Gasteiger partial charge is 0.336 e. The number of esters is 2. The average molecular weight is 317 g/mol. The van der Waals surface area contributed by atoms with Crippen molar-refractivity contribution in [2.75, 3.05) is 14.2 Å². The van der Waals surface area contributed by atoms with Gasteiger partial charge in [-0.2, -0.15) is 0 Å². The number of rotatable bonds is 3. The zero-order valence-electron chi connectivity index (χ0n) is 12.8. The Balaban J connectivity index is 2.55. The molecule has 2 rings (SSSR count). The Morgan fingerprint density at radius 3 is 1.96 bits per heavy atom. The van der Waals surface area contributed by atoms with E-state index >= 15 is 0 Å². The Labute approximate surface area is 132 Å². The van der Waals surface area contributed by atoms with Gasteiger partial charge in [-0.25, -0.2) is 9.59 Å². The number of hydrogen-bond acceptors (Lipinski definition) is 7. The van der Waals surface area contributed by atoms with Crippen LogP contribution in [0.5, 0.6) is 0 Å². The molecule has 1 N–H and O–H groups in total. The van der Waals surface area contributed by atoms with Crippen molar-refractivity contribution < 1.29 is 28.7 Å². The summed E-state index contributed by atoms with van der Waals surface area (Å²) >= 11 is 0. The molecule has 2 aliphatic rings. The molecule has 1 aliphatic carbocycles. The molecule has 0 bridgehead atoms. The molecule has 120 valence electrons. The minimum Gasteiger partial charge on any atom is -0.466 e. The molecule has 1 aliphatic heterocycles. The lowest BCUT2D eigenvalue weighted by Gasteiger charge is -2.26. The highest BCUT2D eigenvalue weighted by Gasteiger charge is 2.38. The monoisotopic (exact) mass is 317 g/mol. The number of carbonyl (C=O) groups is 4. The molecule has 0 spiro atoms. The van der Waals surface area contributed by atoms with E-state index in [2.05, 4.69) is 5.32 Å². The van der Waals surface area contributed by atoms with Crippen LogP contribution in [0.25, 0.3) is 0 Å². The fourth-order valence-electron chi connectivity index (χ4n) is 2.38. The van der Waals surface area contributed by atoms with E-state index in [4.69, 9.17) is 9.47 Å². The van der Waals surface area contributed by atoms with Gasteiger partial charge >= 0.3 is 11.9 Å². The zero-order valence-corrected chi connectivity index (χ0v) is 12.8. The van der Waals surface area contributed by atoms with Crippen LogP contribution in [-0.2, 0) is 28.7 Å². The first kappa shape index (κ1) is 16.4. The lowest BCUT2D eigenvalue weighted by molar-refractivity contribution is -0.137. The van der Waals surface area contributed by atoms with Gasteiger partial charge in [0.05, 0.1) is 31.3 Å². The second kappa shape index (κ2) is 6.43. The molecule has 7 nitrogen and oxygen atoms in total. The van der Waals surface area contributed by atoms with Gasteiger partial charge in [-0.05, 0) is 19.1 Å². The summed E-state index contributed by atoms with van der Waals surface area (Å²) in [6.45, 7) is 1.52. The molecular weight excluding hydrogens is 302 g/mol. The summed E-state index contributed by atoms with van der Waals surface area (Å²) in [5.41, 5.74) is 0.391. The molecule has 0 radical (unpaired) electrons. The van der Waals surface area contributed by atoms with Crippen LogP contribution in [0.1, 0.15) is 6.92 Å². The molecule has 0 aromatic carbocycles.